The maximum Gasteiger partial charge on any atom is 0.233 e. The first-order chi connectivity index (χ1) is 37.6. The van der Waals surface area contributed by atoms with Crippen LogP contribution in [0, 0.1) is 0 Å². The van der Waals surface area contributed by atoms with Gasteiger partial charge in [0.2, 0.25) is 35.0 Å². The topological polar surface area (TPSA) is 188 Å². The van der Waals surface area contributed by atoms with Gasteiger partial charge in [0.15, 0.2) is 0 Å². The number of nitrogens with two attached hydrogens (primary N) is 1. The van der Waals surface area contributed by atoms with E-state index in [0.717, 1.165) is 102 Å². The molecule has 4 fully saturated rings. The molecular formula is C58H77Cl3N14O2. The zero-order valence-corrected chi connectivity index (χ0v) is 47.0. The lowest BCUT2D eigenvalue weighted by atomic mass is 10.0. The van der Waals surface area contributed by atoms with E-state index in [2.05, 4.69) is 112 Å². The van der Waals surface area contributed by atoms with Crippen LogP contribution in [0.2, 0.25) is 15.3 Å². The van der Waals surface area contributed by atoms with Gasteiger partial charge < -0.3 is 41.8 Å². The molecule has 0 bridgehead atoms. The summed E-state index contributed by atoms with van der Waals surface area (Å²) in [7, 11) is 3.18. The Morgan fingerprint density at radius 3 is 1.23 bits per heavy atom. The van der Waals surface area contributed by atoms with Crippen molar-refractivity contribution in [3.05, 3.63) is 124 Å². The number of benzene rings is 4. The summed E-state index contributed by atoms with van der Waals surface area (Å²) in [6.45, 7) is 6.45. The fourth-order valence-electron chi connectivity index (χ4n) is 10.2. The molecule has 2 aromatic heterocycles. The van der Waals surface area contributed by atoms with E-state index in [-0.39, 0.29) is 5.28 Å². The van der Waals surface area contributed by atoms with Crippen molar-refractivity contribution < 1.29 is 9.47 Å². The van der Waals surface area contributed by atoms with Crippen molar-refractivity contribution in [2.45, 2.75) is 140 Å². The zero-order chi connectivity index (χ0) is 53.6. The molecule has 16 nitrogen and oxygen atoms in total. The van der Waals surface area contributed by atoms with Gasteiger partial charge in [0.25, 0.3) is 0 Å². The van der Waals surface area contributed by atoms with Crippen molar-refractivity contribution >= 4 is 75.9 Å². The molecule has 2 saturated carbocycles. The smallest absolute Gasteiger partial charge is 0.233 e. The first-order valence-electron chi connectivity index (χ1n) is 27.6. The molecule has 412 valence electrons. The molecule has 4 aliphatic rings. The number of methoxy groups -OCH3 is 2. The molecule has 2 aliphatic carbocycles. The van der Waals surface area contributed by atoms with E-state index in [1.54, 1.807) is 26.4 Å². The van der Waals surface area contributed by atoms with Crippen LogP contribution < -0.4 is 41.8 Å². The van der Waals surface area contributed by atoms with Crippen LogP contribution in [-0.2, 0) is 13.1 Å². The molecule has 4 heterocycles. The Morgan fingerprint density at radius 1 is 0.455 bits per heavy atom. The number of nitrogens with zero attached hydrogens (tertiary/aromatic N) is 8. The fraction of sp³-hybridized carbons (Fsp3) is 0.483. The number of ether oxygens (including phenoxy) is 2. The minimum atomic E-state index is 0.147. The second-order valence-electron chi connectivity index (χ2n) is 20.5. The van der Waals surface area contributed by atoms with Gasteiger partial charge in [-0.1, -0.05) is 135 Å². The molecule has 2 aliphatic heterocycles. The largest absolute Gasteiger partial charge is 0.495 e. The number of aromatic nitrogens is 6. The van der Waals surface area contributed by atoms with Crippen LogP contribution in [0.4, 0.5) is 41.1 Å². The molecule has 6 aromatic rings. The first-order valence-corrected chi connectivity index (χ1v) is 28.7. The van der Waals surface area contributed by atoms with Crippen molar-refractivity contribution in [3.8, 4) is 11.5 Å². The molecular weight excluding hydrogens is 1030 g/mol. The summed E-state index contributed by atoms with van der Waals surface area (Å²) in [5.74, 6) is 3.80. The van der Waals surface area contributed by atoms with Crippen LogP contribution in [-0.4, -0.2) is 104 Å². The molecule has 0 atom stereocenters. The number of hydrogen-bond acceptors (Lipinski definition) is 16. The van der Waals surface area contributed by atoms with Crippen LogP contribution in [0.3, 0.4) is 0 Å². The van der Waals surface area contributed by atoms with Gasteiger partial charge in [-0.15, -0.1) is 0 Å². The van der Waals surface area contributed by atoms with Crippen molar-refractivity contribution in [2.24, 2.45) is 5.73 Å². The van der Waals surface area contributed by atoms with Crippen LogP contribution in [0.5, 0.6) is 11.5 Å². The van der Waals surface area contributed by atoms with E-state index in [0.29, 0.717) is 75.5 Å². The Morgan fingerprint density at radius 2 is 0.818 bits per heavy atom. The Kier molecular flexibility index (Phi) is 22.7. The summed E-state index contributed by atoms with van der Waals surface area (Å²) in [6, 6.07) is 33.8. The lowest BCUT2D eigenvalue weighted by molar-refractivity contribution is 0.205. The predicted octanol–water partition coefficient (Wildman–Crippen LogP) is 13.2. The second kappa shape index (κ2) is 30.4. The normalized spacial score (nSPS) is 17.3. The molecule has 77 heavy (non-hydrogen) atoms. The third-order valence-electron chi connectivity index (χ3n) is 14.5. The number of nitrogens with one attached hydrogen (secondary N) is 5. The van der Waals surface area contributed by atoms with Gasteiger partial charge in [-0.2, -0.15) is 29.9 Å². The van der Waals surface area contributed by atoms with Gasteiger partial charge in [-0.25, -0.2) is 0 Å². The molecule has 2 saturated heterocycles. The van der Waals surface area contributed by atoms with Crippen molar-refractivity contribution in [2.75, 3.05) is 67.0 Å². The number of rotatable bonds is 16. The van der Waals surface area contributed by atoms with Gasteiger partial charge in [0, 0.05) is 61.7 Å². The predicted molar refractivity (Wildman–Crippen MR) is 315 cm³/mol. The summed E-state index contributed by atoms with van der Waals surface area (Å²) in [5.41, 5.74) is 10.2. The summed E-state index contributed by atoms with van der Waals surface area (Å²) in [4.78, 5) is 32.0. The highest BCUT2D eigenvalue weighted by molar-refractivity contribution is 6.32. The Balaban J connectivity index is 0.000000171. The lowest BCUT2D eigenvalue weighted by Gasteiger charge is -2.32. The van der Waals surface area contributed by atoms with E-state index < -0.39 is 0 Å². The highest BCUT2D eigenvalue weighted by Crippen LogP contribution is 2.31. The van der Waals surface area contributed by atoms with Crippen LogP contribution in [0.25, 0.3) is 0 Å². The molecule has 0 amide bonds. The minimum absolute atomic E-state index is 0.147. The second-order valence-corrected chi connectivity index (χ2v) is 21.6. The molecule has 0 spiro atoms. The summed E-state index contributed by atoms with van der Waals surface area (Å²) in [6.07, 6.45) is 19.0. The number of piperidine rings is 2. The van der Waals surface area contributed by atoms with E-state index in [4.69, 9.17) is 65.0 Å². The maximum atomic E-state index is 6.35. The third-order valence-corrected chi connectivity index (χ3v) is 15.2. The highest BCUT2D eigenvalue weighted by Gasteiger charge is 2.22. The van der Waals surface area contributed by atoms with E-state index in [1.807, 2.05) is 24.3 Å². The van der Waals surface area contributed by atoms with Crippen molar-refractivity contribution in [3.63, 3.8) is 0 Å². The van der Waals surface area contributed by atoms with Gasteiger partial charge >= 0.3 is 0 Å². The first kappa shape index (κ1) is 57.4. The van der Waals surface area contributed by atoms with Crippen LogP contribution in [0.1, 0.15) is 114 Å². The van der Waals surface area contributed by atoms with Gasteiger partial charge in [-0.05, 0) is 124 Å². The minimum Gasteiger partial charge on any atom is -0.495 e. The Hall–Kier alpha value is -5.75. The molecule has 4 aromatic carbocycles. The number of likely N-dealkylation sites (tertiary alicyclic amines) is 2. The van der Waals surface area contributed by atoms with Gasteiger partial charge in [0.05, 0.1) is 24.3 Å². The molecule has 19 heteroatoms. The molecule has 0 radical (unpaired) electrons. The highest BCUT2D eigenvalue weighted by atomic mass is 35.5. The van der Waals surface area contributed by atoms with Crippen molar-refractivity contribution in [1.82, 2.24) is 39.7 Å². The number of hydrogen-bond donors (Lipinski definition) is 6. The SMILES string of the molecule is COc1ccc(Nc2nc(Cl)nc(NC3CCCCCC3)n2)cc1Cl.COc1ccc(Nc2nc(NC3CCCCCC3)nc(NC3CCN(Cc4ccccc4)CC3)n2)cc1Cl.NC1CCN(Cc2ccccc2)CC1. The van der Waals surface area contributed by atoms with E-state index >= 15 is 0 Å². The molecule has 0 unspecified atom stereocenters. The maximum absolute atomic E-state index is 6.35. The molecule has 10 rings (SSSR count). The van der Waals surface area contributed by atoms with E-state index in [1.165, 1.54) is 62.5 Å². The molecule has 7 N–H and O–H groups in total. The van der Waals surface area contributed by atoms with Crippen LogP contribution >= 0.6 is 34.8 Å². The lowest BCUT2D eigenvalue weighted by Crippen LogP contribution is -2.39. The van der Waals surface area contributed by atoms with E-state index in [9.17, 15) is 0 Å². The number of anilines is 7. The summed E-state index contributed by atoms with van der Waals surface area (Å²) >= 11 is 18.6. The zero-order valence-electron chi connectivity index (χ0n) is 44.7. The third kappa shape index (κ3) is 19.3. The fourth-order valence-corrected chi connectivity index (χ4v) is 10.9. The quantitative estimate of drug-likeness (QED) is 0.0502. The standard InChI is InChI=1S/C29H38ClN7O.C17H21Cl2N5O.C12H18N2/c1-38-26-14-13-24(19-25(26)30)33-29-35-27(31-22-11-7-2-3-8-12-22)34-28(36-29)32-23-15-17-37(18-16-23)20-21-9-5-4-6-10-21;1-25-14-9-8-12(10-13(14)18)21-17-23-15(19)22-16(24-17)20-11-6-4-2-3-5-7-11;13-12-6-8-14(9-7-12)10-11-4-2-1-3-5-11/h4-6,9-10,13-14,19,22-23H,2-3,7-8,11-12,15-18,20H2,1H3,(H3,31,32,33,34,35,36);8-11H,2-7H2,1H3,(H2,20,21,22,23,24);1-5,12H,6-10,13H2. The Bertz CT molecular complexity index is 2680. The van der Waals surface area contributed by atoms with Crippen molar-refractivity contribution in [1.29, 1.82) is 0 Å². The monoisotopic (exact) mass is 1110 g/mol. The van der Waals surface area contributed by atoms with Crippen LogP contribution in [0.15, 0.2) is 97.1 Å². The number of halogens is 3. The van der Waals surface area contributed by atoms with Gasteiger partial charge in [0.1, 0.15) is 11.5 Å². The van der Waals surface area contributed by atoms with Gasteiger partial charge in [-0.3, -0.25) is 9.80 Å². The summed E-state index contributed by atoms with van der Waals surface area (Å²) in [5, 5.41) is 18.2. The Labute approximate surface area is 470 Å². The average molecular weight is 1110 g/mol. The average Bonchev–Trinajstić information content (AvgIpc) is 3.86. The summed E-state index contributed by atoms with van der Waals surface area (Å²) < 4.78 is 10.4.